The number of fused-ring (bicyclic) bond motifs is 2. The van der Waals surface area contributed by atoms with Gasteiger partial charge in [-0.2, -0.15) is 0 Å². The van der Waals surface area contributed by atoms with Crippen LogP contribution in [0.15, 0.2) is 29.2 Å². The number of aromatic nitrogens is 1. The molecule has 1 aliphatic heterocycles. The van der Waals surface area contributed by atoms with Gasteiger partial charge in [0.2, 0.25) is 0 Å². The van der Waals surface area contributed by atoms with E-state index in [1.54, 1.807) is 0 Å². The number of anilines is 1. The predicted molar refractivity (Wildman–Crippen MR) is 97.3 cm³/mol. The van der Waals surface area contributed by atoms with E-state index in [9.17, 15) is 9.00 Å². The Labute approximate surface area is 143 Å². The van der Waals surface area contributed by atoms with Crippen LogP contribution in [0.3, 0.4) is 0 Å². The summed E-state index contributed by atoms with van der Waals surface area (Å²) in [6.45, 7) is 1.90. The van der Waals surface area contributed by atoms with Crippen molar-refractivity contribution in [1.29, 1.82) is 0 Å². The number of carbonyl (C=O) groups is 1. The second kappa shape index (κ2) is 6.06. The molecule has 2 aliphatic rings. The molecular formula is C19H20N2O2S. The minimum atomic E-state index is -1.02. The topological polar surface area (TPSA) is 62.0 Å². The van der Waals surface area contributed by atoms with E-state index in [2.05, 4.69) is 16.4 Å². The summed E-state index contributed by atoms with van der Waals surface area (Å²) in [4.78, 5) is 16.6. The van der Waals surface area contributed by atoms with Crippen molar-refractivity contribution in [2.75, 3.05) is 11.1 Å². The summed E-state index contributed by atoms with van der Waals surface area (Å²) in [6, 6.07) is 7.70. The number of H-pyrrole nitrogens is 1. The first kappa shape index (κ1) is 15.4. The lowest BCUT2D eigenvalue weighted by Crippen LogP contribution is -2.03. The summed E-state index contributed by atoms with van der Waals surface area (Å²) in [7, 11) is -1.02. The maximum Gasteiger partial charge on any atom is 0.256 e. The van der Waals surface area contributed by atoms with Crippen LogP contribution >= 0.6 is 0 Å². The summed E-state index contributed by atoms with van der Waals surface area (Å²) in [5.74, 6) is 0.472. The molecular weight excluding hydrogens is 320 g/mol. The van der Waals surface area contributed by atoms with Crippen molar-refractivity contribution in [1.82, 2.24) is 4.98 Å². The summed E-state index contributed by atoms with van der Waals surface area (Å²) in [5, 5.41) is 2.89. The molecule has 1 aliphatic carbocycles. The van der Waals surface area contributed by atoms with E-state index >= 15 is 0 Å². The van der Waals surface area contributed by atoms with Crippen LogP contribution in [-0.2, 0) is 28.4 Å². The molecule has 2 heterocycles. The molecule has 4 nitrogen and oxygen atoms in total. The van der Waals surface area contributed by atoms with Crippen molar-refractivity contribution in [3.8, 4) is 0 Å². The Morgan fingerprint density at radius 1 is 1.21 bits per heavy atom. The van der Waals surface area contributed by atoms with Gasteiger partial charge in [-0.1, -0.05) is 6.92 Å². The molecule has 5 heteroatoms. The van der Waals surface area contributed by atoms with Gasteiger partial charge in [0.25, 0.3) is 5.91 Å². The third-order valence-corrected chi connectivity index (χ3v) is 6.04. The molecule has 1 unspecified atom stereocenters. The largest absolute Gasteiger partial charge is 0.359 e. The number of benzene rings is 1. The molecule has 0 radical (unpaired) electrons. The number of rotatable bonds is 3. The molecule has 1 aromatic heterocycles. The summed E-state index contributed by atoms with van der Waals surface area (Å²) >= 11 is 0. The predicted octanol–water partition coefficient (Wildman–Crippen LogP) is 3.51. The lowest BCUT2D eigenvalue weighted by atomic mass is 9.98. The first-order valence-electron chi connectivity index (χ1n) is 8.42. The van der Waals surface area contributed by atoms with Gasteiger partial charge in [0.1, 0.15) is 0 Å². The van der Waals surface area contributed by atoms with E-state index in [0.29, 0.717) is 11.3 Å². The highest BCUT2D eigenvalue weighted by Gasteiger charge is 2.25. The monoisotopic (exact) mass is 340 g/mol. The second-order valence-electron chi connectivity index (χ2n) is 6.29. The maximum atomic E-state index is 12.4. The van der Waals surface area contributed by atoms with Crippen LogP contribution < -0.4 is 5.32 Å². The zero-order chi connectivity index (χ0) is 16.7. The molecule has 2 aromatic rings. The van der Waals surface area contributed by atoms with E-state index in [-0.39, 0.29) is 5.91 Å². The number of nitrogens with one attached hydrogen (secondary N) is 2. The van der Waals surface area contributed by atoms with Crippen LogP contribution in [0.25, 0.3) is 11.6 Å². The molecule has 0 spiro atoms. The van der Waals surface area contributed by atoms with Crippen molar-refractivity contribution < 1.29 is 9.00 Å². The maximum absolute atomic E-state index is 12.4. The second-order valence-corrected chi connectivity index (χ2v) is 8.03. The number of hydrogen-bond donors (Lipinski definition) is 2. The van der Waals surface area contributed by atoms with Gasteiger partial charge in [0.15, 0.2) is 0 Å². The molecule has 1 amide bonds. The number of aryl methyl sites for hydroxylation is 2. The third kappa shape index (κ3) is 2.63. The fraction of sp³-hybridized carbons (Fsp3) is 0.316. The van der Waals surface area contributed by atoms with Crippen molar-refractivity contribution in [3.05, 3.63) is 46.8 Å². The summed E-state index contributed by atoms with van der Waals surface area (Å²) < 4.78 is 12.1. The van der Waals surface area contributed by atoms with Crippen LogP contribution in [0.2, 0.25) is 0 Å². The highest BCUT2D eigenvalue weighted by atomic mass is 32.2. The van der Waals surface area contributed by atoms with Gasteiger partial charge >= 0.3 is 0 Å². The van der Waals surface area contributed by atoms with Gasteiger partial charge in [-0.3, -0.25) is 9.00 Å². The Kier molecular flexibility index (Phi) is 3.88. The molecule has 0 saturated carbocycles. The van der Waals surface area contributed by atoms with E-state index < -0.39 is 10.8 Å². The summed E-state index contributed by atoms with van der Waals surface area (Å²) in [5.41, 5.74) is 5.91. The minimum absolute atomic E-state index is 0.1000. The van der Waals surface area contributed by atoms with Crippen molar-refractivity contribution in [2.24, 2.45) is 0 Å². The quantitative estimate of drug-likeness (QED) is 0.840. The standard InChI is InChI=1S/C19H20N2O2S/c1-2-24(23)14-7-8-18-15(11-14)16(19(22)21-18)10-13-9-12-5-3-4-6-17(12)20-13/h7-11,20H,2-6H2,1H3,(H,21,22). The van der Waals surface area contributed by atoms with E-state index in [0.717, 1.165) is 34.7 Å². The number of amides is 1. The summed E-state index contributed by atoms with van der Waals surface area (Å²) in [6.07, 6.45) is 6.56. The van der Waals surface area contributed by atoms with Crippen molar-refractivity contribution >= 4 is 34.0 Å². The van der Waals surface area contributed by atoms with Crippen LogP contribution in [0.5, 0.6) is 0 Å². The molecule has 0 bridgehead atoms. The fourth-order valence-electron chi connectivity index (χ4n) is 3.48. The zero-order valence-electron chi connectivity index (χ0n) is 13.6. The van der Waals surface area contributed by atoms with Crippen molar-refractivity contribution in [3.63, 3.8) is 0 Å². The Morgan fingerprint density at radius 2 is 2.04 bits per heavy atom. The fourth-order valence-corrected chi connectivity index (χ4v) is 4.28. The third-order valence-electron chi connectivity index (χ3n) is 4.73. The molecule has 0 fully saturated rings. The van der Waals surface area contributed by atoms with E-state index in [1.165, 1.54) is 24.1 Å². The van der Waals surface area contributed by atoms with Crippen LogP contribution in [0.4, 0.5) is 5.69 Å². The lowest BCUT2D eigenvalue weighted by Gasteiger charge is -2.08. The molecule has 1 atom stereocenters. The Balaban J connectivity index is 1.75. The van der Waals surface area contributed by atoms with Gasteiger partial charge in [0.05, 0.1) is 16.4 Å². The lowest BCUT2D eigenvalue weighted by molar-refractivity contribution is -0.110. The smallest absolute Gasteiger partial charge is 0.256 e. The highest BCUT2D eigenvalue weighted by Crippen LogP contribution is 2.35. The first-order chi connectivity index (χ1) is 11.7. The van der Waals surface area contributed by atoms with Crippen LogP contribution in [0.1, 0.15) is 42.3 Å². The Morgan fingerprint density at radius 3 is 2.83 bits per heavy atom. The molecule has 2 N–H and O–H groups in total. The first-order valence-corrected chi connectivity index (χ1v) is 9.74. The number of carbonyl (C=O) groups excluding carboxylic acids is 1. The average molecular weight is 340 g/mol. The molecule has 124 valence electrons. The highest BCUT2D eigenvalue weighted by molar-refractivity contribution is 7.85. The molecule has 4 rings (SSSR count). The number of aromatic amines is 1. The van der Waals surface area contributed by atoms with Crippen LogP contribution in [-0.4, -0.2) is 20.9 Å². The Bertz CT molecular complexity index is 856. The Hall–Kier alpha value is -2.14. The molecule has 0 saturated heterocycles. The van der Waals surface area contributed by atoms with E-state index in [4.69, 9.17) is 0 Å². The average Bonchev–Trinajstić information content (AvgIpc) is 3.14. The molecule has 24 heavy (non-hydrogen) atoms. The van der Waals surface area contributed by atoms with Gasteiger partial charge in [-0.05, 0) is 61.6 Å². The van der Waals surface area contributed by atoms with Crippen LogP contribution in [0, 0.1) is 0 Å². The number of hydrogen-bond acceptors (Lipinski definition) is 2. The van der Waals surface area contributed by atoms with Gasteiger partial charge in [-0.25, -0.2) is 0 Å². The SMILES string of the molecule is CCS(=O)c1ccc2c(c1)C(=Cc1cc3c([nH]1)CCCC3)C(=O)N2. The van der Waals surface area contributed by atoms with E-state index in [1.807, 2.05) is 31.2 Å². The van der Waals surface area contributed by atoms with Gasteiger partial charge in [-0.15, -0.1) is 0 Å². The molecule has 1 aromatic carbocycles. The minimum Gasteiger partial charge on any atom is -0.359 e. The van der Waals surface area contributed by atoms with Crippen molar-refractivity contribution in [2.45, 2.75) is 37.5 Å². The van der Waals surface area contributed by atoms with Gasteiger partial charge in [0, 0.05) is 33.3 Å². The zero-order valence-corrected chi connectivity index (χ0v) is 14.5. The van der Waals surface area contributed by atoms with Gasteiger partial charge < -0.3 is 10.3 Å². The normalized spacial score (nSPS) is 19.0.